The van der Waals surface area contributed by atoms with Gasteiger partial charge in [0.05, 0.1) is 29.1 Å². The highest BCUT2D eigenvalue weighted by Gasteiger charge is 2.38. The maximum absolute atomic E-state index is 12.8. The molecule has 194 valence electrons. The molecule has 0 radical (unpaired) electrons. The highest BCUT2D eigenvalue weighted by molar-refractivity contribution is 6.31. The average molecular weight is 536 g/mol. The van der Waals surface area contributed by atoms with E-state index in [-0.39, 0.29) is 11.9 Å². The third-order valence-electron chi connectivity index (χ3n) is 5.66. The standard InChI is InChI=1S/C21H20ClN7O.C2HF3O2/c22-13-2-4-15-18(8-13)28-19(27-15)9-24-16-5-6-29(21(16)30)10-12-1-3-14-17(7-12)25-11-26-20(14)23;3-2(4,5)1(6)7/h1-4,7-8,11,16,24H,5-6,9-10H2,(H,27,28)(H2,23,25,26);(H,6,7). The summed E-state index contributed by atoms with van der Waals surface area (Å²) in [7, 11) is 0. The first-order valence-corrected chi connectivity index (χ1v) is 11.3. The largest absolute Gasteiger partial charge is 0.490 e. The van der Waals surface area contributed by atoms with E-state index >= 15 is 0 Å². The number of aliphatic carboxylic acids is 1. The van der Waals surface area contributed by atoms with E-state index in [1.54, 1.807) is 0 Å². The molecular formula is C23H21ClF3N7O3. The van der Waals surface area contributed by atoms with Crippen molar-refractivity contribution >= 4 is 51.2 Å². The summed E-state index contributed by atoms with van der Waals surface area (Å²) in [6.07, 6.45) is -2.87. The maximum atomic E-state index is 12.8. The number of fused-ring (bicyclic) bond motifs is 2. The Hall–Kier alpha value is -3.97. The number of hydrogen-bond acceptors (Lipinski definition) is 7. The number of alkyl halides is 3. The number of halogens is 4. The number of nitrogens with zero attached hydrogens (tertiary/aromatic N) is 4. The summed E-state index contributed by atoms with van der Waals surface area (Å²) in [5, 5.41) is 11.9. The van der Waals surface area contributed by atoms with E-state index in [0.29, 0.717) is 30.5 Å². The molecule has 0 saturated carbocycles. The van der Waals surface area contributed by atoms with Crippen LogP contribution in [0.2, 0.25) is 5.02 Å². The zero-order valence-electron chi connectivity index (χ0n) is 19.1. The molecule has 4 aromatic rings. The number of amides is 1. The van der Waals surface area contributed by atoms with Crippen molar-refractivity contribution in [3.63, 3.8) is 0 Å². The van der Waals surface area contributed by atoms with Crippen LogP contribution in [0.1, 0.15) is 17.8 Å². The number of likely N-dealkylation sites (tertiary alicyclic amines) is 1. The van der Waals surface area contributed by atoms with Gasteiger partial charge < -0.3 is 20.7 Å². The number of carboxylic acid groups (broad SMARTS) is 1. The lowest BCUT2D eigenvalue weighted by molar-refractivity contribution is -0.192. The van der Waals surface area contributed by atoms with Crippen LogP contribution < -0.4 is 11.1 Å². The van der Waals surface area contributed by atoms with E-state index in [2.05, 4.69) is 25.3 Å². The highest BCUT2D eigenvalue weighted by Crippen LogP contribution is 2.22. The number of nitrogen functional groups attached to an aromatic ring is 1. The monoisotopic (exact) mass is 535 g/mol. The Bertz CT molecular complexity index is 1460. The van der Waals surface area contributed by atoms with Crippen molar-refractivity contribution in [2.24, 2.45) is 0 Å². The van der Waals surface area contributed by atoms with Gasteiger partial charge in [-0.05, 0) is 42.3 Å². The predicted molar refractivity (Wildman–Crippen MR) is 129 cm³/mol. The zero-order valence-corrected chi connectivity index (χ0v) is 19.8. The lowest BCUT2D eigenvalue weighted by Gasteiger charge is -2.17. The van der Waals surface area contributed by atoms with Crippen LogP contribution in [-0.2, 0) is 22.7 Å². The number of nitrogens with two attached hydrogens (primary N) is 1. The second-order valence-electron chi connectivity index (χ2n) is 8.24. The molecule has 0 aliphatic carbocycles. The lowest BCUT2D eigenvalue weighted by atomic mass is 10.1. The number of carbonyl (C=O) groups excluding carboxylic acids is 1. The van der Waals surface area contributed by atoms with E-state index in [0.717, 1.165) is 39.7 Å². The molecule has 1 fully saturated rings. The van der Waals surface area contributed by atoms with E-state index in [1.807, 2.05) is 41.3 Å². The van der Waals surface area contributed by atoms with Gasteiger partial charge >= 0.3 is 12.1 Å². The molecule has 2 aromatic carbocycles. The maximum Gasteiger partial charge on any atom is 0.490 e. The Kier molecular flexibility index (Phi) is 7.45. The minimum absolute atomic E-state index is 0.0939. The Labute approximate surface area is 212 Å². The van der Waals surface area contributed by atoms with Crippen LogP contribution in [0.5, 0.6) is 0 Å². The fraction of sp³-hybridized carbons (Fsp3) is 0.261. The van der Waals surface area contributed by atoms with Gasteiger partial charge in [-0.3, -0.25) is 10.1 Å². The highest BCUT2D eigenvalue weighted by atomic mass is 35.5. The van der Waals surface area contributed by atoms with Gasteiger partial charge in [0.25, 0.3) is 0 Å². The number of aromatic nitrogens is 4. The molecule has 1 saturated heterocycles. The smallest absolute Gasteiger partial charge is 0.475 e. The number of nitrogens with one attached hydrogen (secondary N) is 2. The molecule has 5 rings (SSSR count). The van der Waals surface area contributed by atoms with E-state index in [1.165, 1.54) is 6.33 Å². The van der Waals surface area contributed by atoms with Crippen LogP contribution in [-0.4, -0.2) is 60.6 Å². The molecule has 1 aliphatic rings. The number of carboxylic acids is 1. The summed E-state index contributed by atoms with van der Waals surface area (Å²) in [6, 6.07) is 11.2. The molecule has 3 heterocycles. The molecule has 1 atom stereocenters. The zero-order chi connectivity index (χ0) is 26.7. The van der Waals surface area contributed by atoms with Gasteiger partial charge in [0, 0.05) is 23.5 Å². The number of aromatic amines is 1. The Morgan fingerprint density at radius 2 is 1.97 bits per heavy atom. The van der Waals surface area contributed by atoms with E-state index in [9.17, 15) is 18.0 Å². The van der Waals surface area contributed by atoms with Gasteiger partial charge in [-0.1, -0.05) is 17.7 Å². The summed E-state index contributed by atoms with van der Waals surface area (Å²) < 4.78 is 31.7. The SMILES string of the molecule is Nc1ncnc2cc(CN3CCC(NCc4nc5cc(Cl)ccc5[nH]4)C3=O)ccc12.O=C(O)C(F)(F)F. The van der Waals surface area contributed by atoms with Crippen molar-refractivity contribution in [2.45, 2.75) is 31.7 Å². The van der Waals surface area contributed by atoms with E-state index in [4.69, 9.17) is 27.2 Å². The third kappa shape index (κ3) is 6.24. The van der Waals surface area contributed by atoms with Crippen molar-refractivity contribution < 1.29 is 27.9 Å². The second-order valence-corrected chi connectivity index (χ2v) is 8.68. The molecule has 1 unspecified atom stereocenters. The van der Waals surface area contributed by atoms with Crippen LogP contribution >= 0.6 is 11.6 Å². The number of imidazole rings is 1. The second kappa shape index (κ2) is 10.6. The van der Waals surface area contributed by atoms with Crippen molar-refractivity contribution in [1.29, 1.82) is 0 Å². The van der Waals surface area contributed by atoms with Crippen molar-refractivity contribution in [3.05, 3.63) is 59.1 Å². The number of anilines is 1. The molecule has 2 aromatic heterocycles. The lowest BCUT2D eigenvalue weighted by Crippen LogP contribution is -2.37. The van der Waals surface area contributed by atoms with Crippen LogP contribution in [0.25, 0.3) is 21.9 Å². The number of H-pyrrole nitrogens is 1. The first-order valence-electron chi connectivity index (χ1n) is 11.0. The van der Waals surface area contributed by atoms with Crippen molar-refractivity contribution in [2.75, 3.05) is 12.3 Å². The number of carbonyl (C=O) groups is 2. The number of rotatable bonds is 5. The summed E-state index contributed by atoms with van der Waals surface area (Å²) in [6.45, 7) is 1.74. The molecule has 14 heteroatoms. The minimum atomic E-state index is -5.08. The average Bonchev–Trinajstić information content (AvgIpc) is 3.40. The Morgan fingerprint density at radius 1 is 1.22 bits per heavy atom. The summed E-state index contributed by atoms with van der Waals surface area (Å²) >= 11 is 6.02. The molecule has 1 aliphatic heterocycles. The van der Waals surface area contributed by atoms with Gasteiger partial charge in [-0.15, -0.1) is 0 Å². The topological polar surface area (TPSA) is 150 Å². The number of benzene rings is 2. The van der Waals surface area contributed by atoms with Crippen molar-refractivity contribution in [1.82, 2.24) is 30.2 Å². The third-order valence-corrected chi connectivity index (χ3v) is 5.89. The van der Waals surface area contributed by atoms with Crippen LogP contribution in [0.3, 0.4) is 0 Å². The summed E-state index contributed by atoms with van der Waals surface area (Å²) in [5.74, 6) is -1.42. The predicted octanol–water partition coefficient (Wildman–Crippen LogP) is 3.27. The number of hydrogen-bond donors (Lipinski definition) is 4. The molecular weight excluding hydrogens is 515 g/mol. The minimum Gasteiger partial charge on any atom is -0.475 e. The van der Waals surface area contributed by atoms with Gasteiger partial charge in [-0.2, -0.15) is 13.2 Å². The van der Waals surface area contributed by atoms with Gasteiger partial charge in [0.15, 0.2) is 0 Å². The van der Waals surface area contributed by atoms with Crippen molar-refractivity contribution in [3.8, 4) is 0 Å². The fourth-order valence-electron chi connectivity index (χ4n) is 3.86. The van der Waals surface area contributed by atoms with Crippen LogP contribution in [0, 0.1) is 0 Å². The molecule has 0 bridgehead atoms. The first kappa shape index (κ1) is 26.1. The summed E-state index contributed by atoms with van der Waals surface area (Å²) in [5.41, 5.74) is 9.43. The molecule has 1 amide bonds. The van der Waals surface area contributed by atoms with Gasteiger partial charge in [-0.25, -0.2) is 19.7 Å². The molecule has 10 nitrogen and oxygen atoms in total. The Morgan fingerprint density at radius 3 is 2.70 bits per heavy atom. The molecule has 37 heavy (non-hydrogen) atoms. The van der Waals surface area contributed by atoms with Gasteiger partial charge in [0.2, 0.25) is 5.91 Å². The Balaban J connectivity index is 0.000000405. The van der Waals surface area contributed by atoms with Gasteiger partial charge in [0.1, 0.15) is 18.0 Å². The summed E-state index contributed by atoms with van der Waals surface area (Å²) in [4.78, 5) is 39.7. The first-order chi connectivity index (χ1) is 17.5. The quantitative estimate of drug-likeness (QED) is 0.304. The van der Waals surface area contributed by atoms with Crippen LogP contribution in [0.15, 0.2) is 42.7 Å². The van der Waals surface area contributed by atoms with Crippen LogP contribution in [0.4, 0.5) is 19.0 Å². The fourth-order valence-corrected chi connectivity index (χ4v) is 4.03. The molecule has 5 N–H and O–H groups in total. The van der Waals surface area contributed by atoms with E-state index < -0.39 is 12.1 Å². The molecule has 0 spiro atoms. The normalized spacial score (nSPS) is 15.7.